The lowest BCUT2D eigenvalue weighted by Crippen LogP contribution is -2.13. The topological polar surface area (TPSA) is 17.8 Å². The molecule has 0 bridgehead atoms. The molecule has 1 heterocycles. The third-order valence-electron chi connectivity index (χ3n) is 3.79. The van der Waals surface area contributed by atoms with Gasteiger partial charge in [0.2, 0.25) is 0 Å². The normalized spacial score (nSPS) is 12.2. The van der Waals surface area contributed by atoms with Crippen molar-refractivity contribution in [3.63, 3.8) is 0 Å². The third kappa shape index (κ3) is 2.95. The van der Waals surface area contributed by atoms with Gasteiger partial charge in [0.1, 0.15) is 0 Å². The summed E-state index contributed by atoms with van der Waals surface area (Å²) in [6.45, 7) is 14.4. The van der Waals surface area contributed by atoms with E-state index >= 15 is 0 Å². The maximum absolute atomic E-state index is 4.41. The van der Waals surface area contributed by atoms with E-state index in [0.29, 0.717) is 5.92 Å². The first-order valence-electron chi connectivity index (χ1n) is 7.50. The number of rotatable bonds is 3. The molecule has 0 radical (unpaired) electrons. The van der Waals surface area contributed by atoms with Crippen LogP contribution < -0.4 is 0 Å². The van der Waals surface area contributed by atoms with Crippen LogP contribution in [0.2, 0.25) is 0 Å². The minimum atomic E-state index is 0.133. The summed E-state index contributed by atoms with van der Waals surface area (Å²) < 4.78 is 1.98. The molecule has 0 atom stereocenters. The fourth-order valence-electron chi connectivity index (χ4n) is 2.47. The zero-order valence-corrected chi connectivity index (χ0v) is 13.6. The summed E-state index contributed by atoms with van der Waals surface area (Å²) in [4.78, 5) is 0. The van der Waals surface area contributed by atoms with Crippen molar-refractivity contribution in [2.75, 3.05) is 0 Å². The van der Waals surface area contributed by atoms with E-state index in [2.05, 4.69) is 71.0 Å². The Morgan fingerprint density at radius 3 is 2.40 bits per heavy atom. The van der Waals surface area contributed by atoms with E-state index in [1.54, 1.807) is 0 Å². The van der Waals surface area contributed by atoms with Crippen molar-refractivity contribution < 1.29 is 0 Å². The highest BCUT2D eigenvalue weighted by molar-refractivity contribution is 5.68. The van der Waals surface area contributed by atoms with Gasteiger partial charge in [-0.25, -0.2) is 0 Å². The molecule has 0 N–H and O–H groups in total. The van der Waals surface area contributed by atoms with E-state index in [4.69, 9.17) is 0 Å². The van der Waals surface area contributed by atoms with Crippen LogP contribution in [-0.4, -0.2) is 9.78 Å². The average molecular weight is 270 g/mol. The Kier molecular flexibility index (Phi) is 4.03. The molecule has 0 aliphatic heterocycles. The zero-order chi connectivity index (χ0) is 14.9. The monoisotopic (exact) mass is 270 g/mol. The van der Waals surface area contributed by atoms with Crippen LogP contribution in [-0.2, 0) is 12.0 Å². The Morgan fingerprint density at radius 2 is 1.90 bits per heavy atom. The van der Waals surface area contributed by atoms with E-state index in [9.17, 15) is 0 Å². The first-order valence-corrected chi connectivity index (χ1v) is 7.50. The predicted octanol–water partition coefficient (Wildman–Crippen LogP) is 4.99. The van der Waals surface area contributed by atoms with Crippen molar-refractivity contribution in [3.05, 3.63) is 41.7 Å². The van der Waals surface area contributed by atoms with Crippen LogP contribution in [0.1, 0.15) is 58.6 Å². The summed E-state index contributed by atoms with van der Waals surface area (Å²) in [5.41, 5.74) is 5.46. The van der Waals surface area contributed by atoms with Crippen LogP contribution in [0.15, 0.2) is 30.6 Å². The molecule has 0 aliphatic carbocycles. The van der Waals surface area contributed by atoms with Gasteiger partial charge in [0.15, 0.2) is 0 Å². The fraction of sp³-hybridized carbons (Fsp3) is 0.500. The van der Waals surface area contributed by atoms with Crippen molar-refractivity contribution in [2.24, 2.45) is 0 Å². The standard InChI is InChI=1S/C18H26N2/c1-7-20-12-15(11-19-20)16-9-8-14(13(2)3)10-17(16)18(4,5)6/h8-13H,7H2,1-6H3. The van der Waals surface area contributed by atoms with Crippen molar-refractivity contribution >= 4 is 0 Å². The van der Waals surface area contributed by atoms with Crippen molar-refractivity contribution in [1.82, 2.24) is 9.78 Å². The number of aryl methyl sites for hydroxylation is 1. The molecule has 1 aromatic heterocycles. The molecule has 0 unspecified atom stereocenters. The van der Waals surface area contributed by atoms with Crippen LogP contribution in [0, 0.1) is 0 Å². The molecule has 0 saturated carbocycles. The molecule has 0 fully saturated rings. The SMILES string of the molecule is CCn1cc(-c2ccc(C(C)C)cc2C(C)(C)C)cn1. The predicted molar refractivity (Wildman–Crippen MR) is 86.1 cm³/mol. The van der Waals surface area contributed by atoms with Crippen LogP contribution >= 0.6 is 0 Å². The average Bonchev–Trinajstić information content (AvgIpc) is 2.85. The lowest BCUT2D eigenvalue weighted by Gasteiger charge is -2.24. The number of benzene rings is 1. The van der Waals surface area contributed by atoms with Crippen LogP contribution in [0.4, 0.5) is 0 Å². The van der Waals surface area contributed by atoms with Gasteiger partial charge in [-0.15, -0.1) is 0 Å². The highest BCUT2D eigenvalue weighted by Crippen LogP contribution is 2.35. The number of aromatic nitrogens is 2. The maximum atomic E-state index is 4.41. The van der Waals surface area contributed by atoms with Gasteiger partial charge in [-0.2, -0.15) is 5.10 Å². The summed E-state index contributed by atoms with van der Waals surface area (Å²) in [7, 11) is 0. The minimum absolute atomic E-state index is 0.133. The van der Waals surface area contributed by atoms with E-state index in [-0.39, 0.29) is 5.41 Å². The van der Waals surface area contributed by atoms with Gasteiger partial charge in [-0.1, -0.05) is 52.8 Å². The minimum Gasteiger partial charge on any atom is -0.272 e. The first kappa shape index (κ1) is 14.8. The molecule has 0 spiro atoms. The van der Waals surface area contributed by atoms with E-state index in [1.807, 2.05) is 10.9 Å². The van der Waals surface area contributed by atoms with Gasteiger partial charge in [0.05, 0.1) is 6.20 Å². The van der Waals surface area contributed by atoms with Crippen molar-refractivity contribution in [2.45, 2.75) is 59.4 Å². The Balaban J connectivity index is 2.57. The molecule has 2 aromatic rings. The second-order valence-corrected chi connectivity index (χ2v) is 6.79. The molecule has 108 valence electrons. The number of hydrogen-bond acceptors (Lipinski definition) is 1. The fourth-order valence-corrected chi connectivity index (χ4v) is 2.47. The molecular weight excluding hydrogens is 244 g/mol. The Morgan fingerprint density at radius 1 is 1.20 bits per heavy atom. The molecule has 20 heavy (non-hydrogen) atoms. The highest BCUT2D eigenvalue weighted by Gasteiger charge is 2.20. The number of nitrogens with zero attached hydrogens (tertiary/aromatic N) is 2. The van der Waals surface area contributed by atoms with E-state index in [1.165, 1.54) is 22.3 Å². The summed E-state index contributed by atoms with van der Waals surface area (Å²) in [6.07, 6.45) is 4.11. The van der Waals surface area contributed by atoms with Gasteiger partial charge < -0.3 is 0 Å². The number of hydrogen-bond donors (Lipinski definition) is 0. The van der Waals surface area contributed by atoms with Crippen LogP contribution in [0.25, 0.3) is 11.1 Å². The molecule has 2 nitrogen and oxygen atoms in total. The molecular formula is C18H26N2. The van der Waals surface area contributed by atoms with Gasteiger partial charge in [-0.3, -0.25) is 4.68 Å². The van der Waals surface area contributed by atoms with Gasteiger partial charge in [0, 0.05) is 18.3 Å². The lowest BCUT2D eigenvalue weighted by atomic mass is 9.80. The molecule has 2 heteroatoms. The van der Waals surface area contributed by atoms with Gasteiger partial charge in [-0.05, 0) is 34.9 Å². The highest BCUT2D eigenvalue weighted by atomic mass is 15.3. The smallest absolute Gasteiger partial charge is 0.0568 e. The Hall–Kier alpha value is -1.57. The van der Waals surface area contributed by atoms with Crippen LogP contribution in [0.5, 0.6) is 0 Å². The zero-order valence-electron chi connectivity index (χ0n) is 13.6. The van der Waals surface area contributed by atoms with Crippen LogP contribution in [0.3, 0.4) is 0 Å². The summed E-state index contributed by atoms with van der Waals surface area (Å²) in [5, 5.41) is 4.41. The van der Waals surface area contributed by atoms with Crippen molar-refractivity contribution in [1.29, 1.82) is 0 Å². The molecule has 2 rings (SSSR count). The summed E-state index contributed by atoms with van der Waals surface area (Å²) in [6, 6.07) is 6.87. The second kappa shape index (κ2) is 5.43. The van der Waals surface area contributed by atoms with E-state index in [0.717, 1.165) is 6.54 Å². The Labute approximate surface area is 122 Å². The van der Waals surface area contributed by atoms with Crippen molar-refractivity contribution in [3.8, 4) is 11.1 Å². The van der Waals surface area contributed by atoms with E-state index < -0.39 is 0 Å². The molecule has 0 aliphatic rings. The molecule has 0 saturated heterocycles. The van der Waals surface area contributed by atoms with Gasteiger partial charge >= 0.3 is 0 Å². The largest absolute Gasteiger partial charge is 0.272 e. The van der Waals surface area contributed by atoms with Gasteiger partial charge in [0.25, 0.3) is 0 Å². The molecule has 0 amide bonds. The third-order valence-corrected chi connectivity index (χ3v) is 3.79. The summed E-state index contributed by atoms with van der Waals surface area (Å²) in [5.74, 6) is 0.559. The molecule has 1 aromatic carbocycles. The maximum Gasteiger partial charge on any atom is 0.0568 e. The quantitative estimate of drug-likeness (QED) is 0.768. The lowest BCUT2D eigenvalue weighted by molar-refractivity contribution is 0.590. The summed E-state index contributed by atoms with van der Waals surface area (Å²) >= 11 is 0. The first-order chi connectivity index (χ1) is 9.32. The second-order valence-electron chi connectivity index (χ2n) is 6.79. The Bertz CT molecular complexity index is 586.